The van der Waals surface area contributed by atoms with E-state index in [0.29, 0.717) is 0 Å². The van der Waals surface area contributed by atoms with E-state index in [1.165, 1.54) is 4.90 Å². The van der Waals surface area contributed by atoms with Crippen LogP contribution in [0.25, 0.3) is 0 Å². The number of hydrogen-bond donors (Lipinski definition) is 0. The fourth-order valence-corrected chi connectivity index (χ4v) is 5.08. The van der Waals surface area contributed by atoms with Crippen molar-refractivity contribution in [3.05, 3.63) is 11.6 Å². The van der Waals surface area contributed by atoms with Gasteiger partial charge in [0.1, 0.15) is 6.33 Å². The second-order valence-electron chi connectivity index (χ2n) is 4.72. The van der Waals surface area contributed by atoms with Crippen molar-refractivity contribution < 1.29 is 16.8 Å². The molecule has 0 aliphatic rings. The predicted octanol–water partition coefficient (Wildman–Crippen LogP) is 0.639. The Balaban J connectivity index is 2.88. The number of nitrogens with zero attached hydrogens (tertiary/aromatic N) is 4. The summed E-state index contributed by atoms with van der Waals surface area (Å²) in [6.45, 7) is 0.0198. The van der Waals surface area contributed by atoms with E-state index in [1.807, 2.05) is 0 Å². The minimum Gasteiger partial charge on any atom is -0.339 e. The molecule has 13 heteroatoms. The van der Waals surface area contributed by atoms with E-state index < -0.39 is 19.7 Å². The van der Waals surface area contributed by atoms with Crippen molar-refractivity contribution in [2.45, 2.75) is 0 Å². The fraction of sp³-hybridized carbons (Fsp3) is 0.727. The topological polar surface area (TPSA) is 110 Å². The lowest BCUT2D eigenvalue weighted by atomic mass is 10.5. The van der Waals surface area contributed by atoms with Gasteiger partial charge in [-0.15, -0.1) is 23.2 Å². The van der Waals surface area contributed by atoms with Gasteiger partial charge in [-0.3, -0.25) is 0 Å². The van der Waals surface area contributed by atoms with Crippen molar-refractivity contribution in [2.24, 2.45) is 0 Å². The van der Waals surface area contributed by atoms with Crippen molar-refractivity contribution in [1.29, 1.82) is 0 Å². The van der Waals surface area contributed by atoms with E-state index in [9.17, 15) is 16.8 Å². The smallest absolute Gasteiger partial charge is 0.229 e. The lowest BCUT2D eigenvalue weighted by molar-refractivity contribution is 0.594. The van der Waals surface area contributed by atoms with Crippen LogP contribution in [0.4, 0.5) is 5.95 Å². The number of halogens is 3. The minimum absolute atomic E-state index is 0.00988. The van der Waals surface area contributed by atoms with Crippen molar-refractivity contribution >= 4 is 60.4 Å². The molecule has 1 aromatic heterocycles. The molecule has 24 heavy (non-hydrogen) atoms. The van der Waals surface area contributed by atoms with Crippen LogP contribution in [0.1, 0.15) is 0 Å². The van der Waals surface area contributed by atoms with Gasteiger partial charge < -0.3 is 4.90 Å². The molecule has 8 nitrogen and oxygen atoms in total. The molecular weight excluding hydrogens is 423 g/mol. The Kier molecular flexibility index (Phi) is 8.93. The summed E-state index contributed by atoms with van der Waals surface area (Å²) in [6, 6.07) is 0. The fourth-order valence-electron chi connectivity index (χ4n) is 1.67. The van der Waals surface area contributed by atoms with Crippen LogP contribution in [0, 0.1) is 0 Å². The lowest BCUT2D eigenvalue weighted by Gasteiger charge is -2.22. The van der Waals surface area contributed by atoms with Crippen LogP contribution in [-0.2, 0) is 19.7 Å². The summed E-state index contributed by atoms with van der Waals surface area (Å²) >= 11 is 16.6. The van der Waals surface area contributed by atoms with Crippen LogP contribution in [-0.4, -0.2) is 79.6 Å². The minimum atomic E-state index is -3.36. The molecule has 0 spiro atoms. The number of rotatable bonds is 11. The van der Waals surface area contributed by atoms with Crippen LogP contribution in [0.5, 0.6) is 0 Å². The maximum absolute atomic E-state index is 11.8. The first-order valence-electron chi connectivity index (χ1n) is 6.81. The highest BCUT2D eigenvalue weighted by Gasteiger charge is 2.19. The summed E-state index contributed by atoms with van der Waals surface area (Å²) in [4.78, 5) is 12.9. The van der Waals surface area contributed by atoms with E-state index in [4.69, 9.17) is 34.8 Å². The average Bonchev–Trinajstić information content (AvgIpc) is 2.47. The number of alkyl halides is 2. The molecule has 0 amide bonds. The Bertz CT molecular complexity index is 691. The SMILES string of the molecule is O=S(=O)(CCCl)CCN(CCS(=O)(=O)CCCl)c1ncnc(Cl)n1. The molecule has 138 valence electrons. The zero-order valence-corrected chi connectivity index (χ0v) is 16.5. The molecule has 0 aliphatic heterocycles. The number of hydrogen-bond acceptors (Lipinski definition) is 8. The molecule has 0 radical (unpaired) electrons. The number of sulfone groups is 2. The van der Waals surface area contributed by atoms with Gasteiger partial charge in [0.15, 0.2) is 19.7 Å². The third-order valence-electron chi connectivity index (χ3n) is 2.93. The normalized spacial score (nSPS) is 12.3. The van der Waals surface area contributed by atoms with Crippen LogP contribution < -0.4 is 4.90 Å². The summed E-state index contributed by atoms with van der Waals surface area (Å²) in [5.41, 5.74) is 0. The Morgan fingerprint density at radius 1 is 0.875 bits per heavy atom. The highest BCUT2D eigenvalue weighted by Crippen LogP contribution is 2.10. The third-order valence-corrected chi connectivity index (χ3v) is 7.20. The average molecular weight is 440 g/mol. The molecule has 0 N–H and O–H groups in total. The van der Waals surface area contributed by atoms with Crippen molar-refractivity contribution in [3.63, 3.8) is 0 Å². The molecule has 0 bridgehead atoms. The summed E-state index contributed by atoms with van der Waals surface area (Å²) in [5.74, 6) is -0.654. The number of anilines is 1. The Morgan fingerprint density at radius 2 is 1.38 bits per heavy atom. The van der Waals surface area contributed by atoms with Crippen molar-refractivity contribution in [2.75, 3.05) is 52.8 Å². The van der Waals surface area contributed by atoms with Gasteiger partial charge in [0.2, 0.25) is 11.2 Å². The molecule has 0 unspecified atom stereocenters. The first-order chi connectivity index (χ1) is 11.2. The van der Waals surface area contributed by atoms with Gasteiger partial charge in [-0.05, 0) is 11.6 Å². The van der Waals surface area contributed by atoms with Gasteiger partial charge in [-0.25, -0.2) is 26.8 Å². The van der Waals surface area contributed by atoms with Crippen LogP contribution in [0.15, 0.2) is 6.33 Å². The van der Waals surface area contributed by atoms with E-state index in [0.717, 1.165) is 6.33 Å². The number of aromatic nitrogens is 3. The molecule has 0 fully saturated rings. The van der Waals surface area contributed by atoms with E-state index in [1.54, 1.807) is 0 Å². The first-order valence-corrected chi connectivity index (χ1v) is 11.9. The Labute approximate surface area is 156 Å². The largest absolute Gasteiger partial charge is 0.339 e. The van der Waals surface area contributed by atoms with Crippen molar-refractivity contribution in [1.82, 2.24) is 15.0 Å². The van der Waals surface area contributed by atoms with Gasteiger partial charge >= 0.3 is 0 Å². The lowest BCUT2D eigenvalue weighted by Crippen LogP contribution is -2.36. The molecule has 1 rings (SSSR count). The van der Waals surface area contributed by atoms with Crippen LogP contribution in [0.3, 0.4) is 0 Å². The molecule has 0 aromatic carbocycles. The molecule has 1 heterocycles. The van der Waals surface area contributed by atoms with Crippen LogP contribution >= 0.6 is 34.8 Å². The van der Waals surface area contributed by atoms with Gasteiger partial charge in [-0.2, -0.15) is 4.98 Å². The highest BCUT2D eigenvalue weighted by atomic mass is 35.5. The molecule has 0 saturated carbocycles. The van der Waals surface area contributed by atoms with E-state index in [2.05, 4.69) is 15.0 Å². The third kappa shape index (κ3) is 8.11. The molecule has 0 aliphatic carbocycles. The second-order valence-corrected chi connectivity index (χ2v) is 10.4. The maximum Gasteiger partial charge on any atom is 0.229 e. The molecule has 0 atom stereocenters. The first kappa shape index (κ1) is 21.6. The highest BCUT2D eigenvalue weighted by molar-refractivity contribution is 7.91. The summed E-state index contributed by atoms with van der Waals surface area (Å²) in [5, 5.41) is -0.0720. The van der Waals surface area contributed by atoms with Crippen LogP contribution in [0.2, 0.25) is 5.28 Å². The summed E-state index contributed by atoms with van der Waals surface area (Å²) in [7, 11) is -6.71. The predicted molar refractivity (Wildman–Crippen MR) is 95.8 cm³/mol. The quantitative estimate of drug-likeness (QED) is 0.462. The monoisotopic (exact) mass is 438 g/mol. The molecule has 1 aromatic rings. The van der Waals surface area contributed by atoms with Gasteiger partial charge in [0.25, 0.3) is 0 Å². The van der Waals surface area contributed by atoms with Gasteiger partial charge in [-0.1, -0.05) is 0 Å². The van der Waals surface area contributed by atoms with E-state index in [-0.39, 0.29) is 59.1 Å². The van der Waals surface area contributed by atoms with Gasteiger partial charge in [0, 0.05) is 24.8 Å². The van der Waals surface area contributed by atoms with Crippen molar-refractivity contribution in [3.8, 4) is 0 Å². The molecule has 0 saturated heterocycles. The zero-order chi connectivity index (χ0) is 18.2. The second kappa shape index (κ2) is 9.91. The standard InChI is InChI=1S/C11H17Cl3N4O4S2/c12-1-5-23(19,20)7-3-18(4-8-24(21,22)6-2-13)11-16-9-15-10(14)17-11/h9H,1-8H2. The summed E-state index contributed by atoms with van der Waals surface area (Å²) < 4.78 is 47.2. The summed E-state index contributed by atoms with van der Waals surface area (Å²) in [6.07, 6.45) is 1.16. The Morgan fingerprint density at radius 3 is 1.79 bits per heavy atom. The van der Waals surface area contributed by atoms with E-state index >= 15 is 0 Å². The molecular formula is C11H17Cl3N4O4S2. The maximum atomic E-state index is 11.8. The van der Waals surface area contributed by atoms with Gasteiger partial charge in [0.05, 0.1) is 23.0 Å². The Hall–Kier alpha value is -0.420. The zero-order valence-electron chi connectivity index (χ0n) is 12.6.